The summed E-state index contributed by atoms with van der Waals surface area (Å²) in [5, 5.41) is 0. The van der Waals surface area contributed by atoms with Crippen molar-refractivity contribution in [1.29, 1.82) is 0 Å². The lowest BCUT2D eigenvalue weighted by atomic mass is 9.99. The van der Waals surface area contributed by atoms with Crippen LogP contribution in [0.15, 0.2) is 0 Å². The summed E-state index contributed by atoms with van der Waals surface area (Å²) >= 11 is 1.11. The Bertz CT molecular complexity index is 650. The molecule has 0 radical (unpaired) electrons. The van der Waals surface area contributed by atoms with Crippen LogP contribution in [0, 0.1) is 0 Å². The topological polar surface area (TPSA) is 141 Å². The fourth-order valence-electron chi connectivity index (χ4n) is 2.68. The summed E-state index contributed by atoms with van der Waals surface area (Å²) in [4.78, 5) is 57.6. The Morgan fingerprint density at radius 1 is 0.800 bits per heavy atom. The van der Waals surface area contributed by atoms with Gasteiger partial charge in [0.2, 0.25) is 0 Å². The highest BCUT2D eigenvalue weighted by molar-refractivity contribution is 7.99. The van der Waals surface area contributed by atoms with Crippen molar-refractivity contribution in [3.05, 3.63) is 0 Å². The zero-order valence-electron chi connectivity index (χ0n) is 17.4. The van der Waals surface area contributed by atoms with E-state index in [1.54, 1.807) is 0 Å². The molecule has 0 N–H and O–H groups in total. The molecule has 1 aliphatic rings. The van der Waals surface area contributed by atoms with Gasteiger partial charge in [0.1, 0.15) is 18.1 Å². The van der Waals surface area contributed by atoms with Crippen LogP contribution in [0.3, 0.4) is 0 Å². The summed E-state index contributed by atoms with van der Waals surface area (Å²) in [5.41, 5.74) is -0.907. The molecule has 1 aliphatic heterocycles. The molecule has 0 spiro atoms. The molecule has 30 heavy (non-hydrogen) atoms. The first kappa shape index (κ1) is 25.7. The van der Waals surface area contributed by atoms with E-state index in [-0.39, 0.29) is 18.8 Å². The van der Waals surface area contributed by atoms with Gasteiger partial charge in [-0.2, -0.15) is 0 Å². The van der Waals surface area contributed by atoms with E-state index < -0.39 is 59.7 Å². The van der Waals surface area contributed by atoms with Gasteiger partial charge in [-0.05, 0) is 0 Å². The molecule has 0 bridgehead atoms. The highest BCUT2D eigenvalue weighted by atomic mass is 32.2. The lowest BCUT2D eigenvalue weighted by Gasteiger charge is -2.44. The number of ether oxygens (including phenoxy) is 6. The number of methoxy groups -OCH3 is 1. The highest BCUT2D eigenvalue weighted by Crippen LogP contribution is 2.34. The molecule has 1 saturated heterocycles. The molecule has 0 aromatic carbocycles. The first-order valence-corrected chi connectivity index (χ1v) is 10.1. The molecular weight excluding hydrogens is 424 g/mol. The summed E-state index contributed by atoms with van der Waals surface area (Å²) in [6, 6.07) is 0. The molecule has 0 aromatic rings. The summed E-state index contributed by atoms with van der Waals surface area (Å²) in [5.74, 6) is -2.90. The van der Waals surface area contributed by atoms with Gasteiger partial charge in [0.15, 0.2) is 18.3 Å². The summed E-state index contributed by atoms with van der Waals surface area (Å²) in [6.07, 6.45) is -4.53. The Balaban J connectivity index is 3.20. The van der Waals surface area contributed by atoms with Crippen molar-refractivity contribution in [3.8, 4) is 0 Å². The van der Waals surface area contributed by atoms with Gasteiger partial charge in [-0.25, -0.2) is 0 Å². The van der Waals surface area contributed by atoms with E-state index in [0.29, 0.717) is 0 Å². The fraction of sp³-hybridized carbons (Fsp3) is 0.722. The quantitative estimate of drug-likeness (QED) is 0.354. The maximum absolute atomic E-state index is 11.7. The molecular formula is C18H26O11S. The minimum Gasteiger partial charge on any atom is -0.469 e. The zero-order chi connectivity index (χ0) is 22.8. The van der Waals surface area contributed by atoms with Crippen LogP contribution in [-0.2, 0) is 52.4 Å². The molecule has 11 nitrogen and oxygen atoms in total. The van der Waals surface area contributed by atoms with E-state index in [1.807, 2.05) is 0 Å². The Hall–Kier alpha value is -2.34. The van der Waals surface area contributed by atoms with Crippen LogP contribution >= 0.6 is 11.8 Å². The van der Waals surface area contributed by atoms with E-state index in [1.165, 1.54) is 14.0 Å². The Labute approximate surface area is 178 Å². The van der Waals surface area contributed by atoms with Crippen molar-refractivity contribution < 1.29 is 52.4 Å². The third kappa shape index (κ3) is 8.57. The van der Waals surface area contributed by atoms with Crippen molar-refractivity contribution in [2.45, 2.75) is 64.0 Å². The average molecular weight is 450 g/mol. The maximum atomic E-state index is 11.7. The van der Waals surface area contributed by atoms with Gasteiger partial charge in [-0.15, -0.1) is 11.8 Å². The summed E-state index contributed by atoms with van der Waals surface area (Å²) in [6.45, 7) is 4.34. The molecule has 1 unspecified atom stereocenters. The molecule has 1 rings (SSSR count). The van der Waals surface area contributed by atoms with Crippen molar-refractivity contribution in [2.75, 3.05) is 19.5 Å². The van der Waals surface area contributed by atoms with Crippen molar-refractivity contribution in [3.63, 3.8) is 0 Å². The molecule has 0 saturated carbocycles. The van der Waals surface area contributed by atoms with Crippen molar-refractivity contribution in [1.82, 2.24) is 0 Å². The van der Waals surface area contributed by atoms with Gasteiger partial charge in [0.05, 0.1) is 13.5 Å². The lowest BCUT2D eigenvalue weighted by molar-refractivity contribution is -0.237. The molecule has 170 valence electrons. The van der Waals surface area contributed by atoms with E-state index >= 15 is 0 Å². The molecule has 0 amide bonds. The van der Waals surface area contributed by atoms with E-state index in [4.69, 9.17) is 23.7 Å². The van der Waals surface area contributed by atoms with Crippen molar-refractivity contribution >= 4 is 41.6 Å². The summed E-state index contributed by atoms with van der Waals surface area (Å²) < 4.78 is 31.3. The van der Waals surface area contributed by atoms with Crippen LogP contribution in [-0.4, -0.2) is 79.2 Å². The van der Waals surface area contributed by atoms with Crippen molar-refractivity contribution in [2.24, 2.45) is 0 Å². The summed E-state index contributed by atoms with van der Waals surface area (Å²) in [7, 11) is 1.25. The van der Waals surface area contributed by atoms with Crippen LogP contribution in [0.2, 0.25) is 0 Å². The first-order chi connectivity index (χ1) is 14.0. The van der Waals surface area contributed by atoms with Crippen LogP contribution in [0.5, 0.6) is 0 Å². The molecule has 5 atom stereocenters. The average Bonchev–Trinajstić information content (AvgIpc) is 2.63. The monoisotopic (exact) mass is 450 g/mol. The molecule has 1 heterocycles. The standard InChI is InChI=1S/C18H26O11S/c1-9(19)25-8-13-15(26-10(2)20)16(27-11(3)21)17(28-12(4)22)18(29-13)30-7-6-14(23)24-5/h13,15-18H,6-8H2,1-5H3/t13-,15-,16+,17-,18?/m1/s1. The SMILES string of the molecule is COC(=O)CCSC1O[C@H](COC(C)=O)[C@@H](OC(C)=O)[C@H](OC(C)=O)[C@H]1OC(C)=O. The number of rotatable bonds is 9. The maximum Gasteiger partial charge on any atom is 0.306 e. The number of thioether (sulfide) groups is 1. The minimum absolute atomic E-state index is 0.0496. The van der Waals surface area contributed by atoms with Gasteiger partial charge in [-0.1, -0.05) is 0 Å². The second-order valence-electron chi connectivity index (χ2n) is 6.26. The van der Waals surface area contributed by atoms with Gasteiger partial charge in [-0.3, -0.25) is 24.0 Å². The molecule has 12 heteroatoms. The van der Waals surface area contributed by atoms with Gasteiger partial charge in [0, 0.05) is 33.4 Å². The normalized spacial score (nSPS) is 25.6. The van der Waals surface area contributed by atoms with Crippen LogP contribution in [0.4, 0.5) is 0 Å². The minimum atomic E-state index is -1.22. The third-order valence-electron chi connectivity index (χ3n) is 3.76. The number of carbonyl (C=O) groups is 5. The Kier molecular flexibility index (Phi) is 10.6. The number of carbonyl (C=O) groups excluding carboxylic acids is 5. The smallest absolute Gasteiger partial charge is 0.306 e. The second kappa shape index (κ2) is 12.4. The number of hydrogen-bond donors (Lipinski definition) is 0. The van der Waals surface area contributed by atoms with Gasteiger partial charge < -0.3 is 28.4 Å². The Morgan fingerprint density at radius 2 is 1.33 bits per heavy atom. The fourth-order valence-corrected chi connectivity index (χ4v) is 3.82. The molecule has 0 aliphatic carbocycles. The van der Waals surface area contributed by atoms with Gasteiger partial charge >= 0.3 is 29.8 Å². The van der Waals surface area contributed by atoms with Crippen LogP contribution in [0.1, 0.15) is 34.1 Å². The molecule has 1 fully saturated rings. The predicted molar refractivity (Wildman–Crippen MR) is 101 cm³/mol. The zero-order valence-corrected chi connectivity index (χ0v) is 18.2. The van der Waals surface area contributed by atoms with Crippen LogP contribution < -0.4 is 0 Å². The van der Waals surface area contributed by atoms with Gasteiger partial charge in [0.25, 0.3) is 0 Å². The predicted octanol–water partition coefficient (Wildman–Crippen LogP) is 0.366. The van der Waals surface area contributed by atoms with E-state index in [9.17, 15) is 24.0 Å². The first-order valence-electron chi connectivity index (χ1n) is 9.04. The highest BCUT2D eigenvalue weighted by Gasteiger charge is 2.52. The van der Waals surface area contributed by atoms with E-state index in [2.05, 4.69) is 4.74 Å². The second-order valence-corrected chi connectivity index (χ2v) is 7.47. The number of hydrogen-bond acceptors (Lipinski definition) is 12. The number of esters is 5. The Morgan fingerprint density at radius 3 is 1.83 bits per heavy atom. The van der Waals surface area contributed by atoms with Crippen LogP contribution in [0.25, 0.3) is 0 Å². The largest absolute Gasteiger partial charge is 0.469 e. The molecule has 0 aromatic heterocycles. The lowest BCUT2D eigenvalue weighted by Crippen LogP contribution is -2.61. The van der Waals surface area contributed by atoms with E-state index in [0.717, 1.165) is 32.5 Å². The third-order valence-corrected chi connectivity index (χ3v) is 4.91.